The van der Waals surface area contributed by atoms with E-state index in [1.807, 2.05) is 20.8 Å². The van der Waals surface area contributed by atoms with Gasteiger partial charge in [0.2, 0.25) is 0 Å². The molecule has 8 nitrogen and oxygen atoms in total. The summed E-state index contributed by atoms with van der Waals surface area (Å²) in [5.41, 5.74) is 6.64. The number of methoxy groups -OCH3 is 1. The third-order valence-corrected chi connectivity index (χ3v) is 4.60. The summed E-state index contributed by atoms with van der Waals surface area (Å²) in [6.07, 6.45) is 1.86. The topological polar surface area (TPSA) is 94.5 Å². The van der Waals surface area contributed by atoms with Crippen LogP contribution in [0.2, 0.25) is 0 Å². The average Bonchev–Trinajstić information content (AvgIpc) is 3.21. The van der Waals surface area contributed by atoms with Crippen LogP contribution in [0.5, 0.6) is 11.5 Å². The van der Waals surface area contributed by atoms with Gasteiger partial charge in [0.1, 0.15) is 5.82 Å². The summed E-state index contributed by atoms with van der Waals surface area (Å²) >= 11 is 0. The molecule has 3 rings (SSSR count). The summed E-state index contributed by atoms with van der Waals surface area (Å²) in [6, 6.07) is 10.5. The van der Waals surface area contributed by atoms with Gasteiger partial charge in [-0.3, -0.25) is 20.4 Å². The van der Waals surface area contributed by atoms with Gasteiger partial charge in [0.15, 0.2) is 11.5 Å². The van der Waals surface area contributed by atoms with Gasteiger partial charge >= 0.3 is 0 Å². The van der Waals surface area contributed by atoms with Gasteiger partial charge in [-0.25, -0.2) is 9.07 Å². The molecule has 0 radical (unpaired) electrons. The molecule has 0 spiro atoms. The summed E-state index contributed by atoms with van der Waals surface area (Å²) in [7, 11) is 1.48. The summed E-state index contributed by atoms with van der Waals surface area (Å²) in [5.74, 6) is -0.470. The van der Waals surface area contributed by atoms with E-state index in [1.54, 1.807) is 28.9 Å². The Labute approximate surface area is 185 Å². The van der Waals surface area contributed by atoms with Gasteiger partial charge in [-0.1, -0.05) is 6.92 Å². The zero-order chi connectivity index (χ0) is 23.3. The van der Waals surface area contributed by atoms with Crippen LogP contribution in [0.4, 0.5) is 4.39 Å². The van der Waals surface area contributed by atoms with Crippen molar-refractivity contribution in [2.75, 3.05) is 7.11 Å². The molecule has 2 aromatic carbocycles. The standard InChI is InChI=1S/C23H25FN4O4/c1-5-19-18(13-25-28(19)17-9-7-16(24)8-10-17)23(30)27-26-22(29)15-6-11-20(32-14(2)3)21(12-15)31-4/h6-14H,5H2,1-4H3,(H,26,29)(H,27,30). The SMILES string of the molecule is CCc1c(C(=O)NNC(=O)c2ccc(OC(C)C)c(OC)c2)cnn1-c1ccc(F)cc1. The quantitative estimate of drug-likeness (QED) is 0.549. The maximum atomic E-state index is 13.2. The van der Waals surface area contributed by atoms with Gasteiger partial charge in [0.25, 0.3) is 11.8 Å². The minimum atomic E-state index is -0.518. The molecule has 0 aliphatic heterocycles. The first-order valence-corrected chi connectivity index (χ1v) is 10.1. The Morgan fingerprint density at radius 2 is 1.75 bits per heavy atom. The number of halogens is 1. The van der Waals surface area contributed by atoms with Crippen molar-refractivity contribution in [2.24, 2.45) is 0 Å². The van der Waals surface area contributed by atoms with Crippen molar-refractivity contribution in [3.63, 3.8) is 0 Å². The molecule has 2 amide bonds. The molecular weight excluding hydrogens is 415 g/mol. The van der Waals surface area contributed by atoms with Crippen molar-refractivity contribution >= 4 is 11.8 Å². The number of nitrogens with zero attached hydrogens (tertiary/aromatic N) is 2. The smallest absolute Gasteiger partial charge is 0.273 e. The predicted molar refractivity (Wildman–Crippen MR) is 117 cm³/mol. The van der Waals surface area contributed by atoms with Crippen LogP contribution in [0, 0.1) is 5.82 Å². The van der Waals surface area contributed by atoms with E-state index in [2.05, 4.69) is 16.0 Å². The molecule has 3 aromatic rings. The molecule has 1 heterocycles. The molecule has 9 heteroatoms. The highest BCUT2D eigenvalue weighted by Gasteiger charge is 2.19. The fourth-order valence-electron chi connectivity index (χ4n) is 3.12. The molecule has 0 aliphatic rings. The number of hydrogen-bond acceptors (Lipinski definition) is 5. The molecule has 32 heavy (non-hydrogen) atoms. The van der Waals surface area contributed by atoms with Crippen molar-refractivity contribution in [1.29, 1.82) is 0 Å². The second-order valence-electron chi connectivity index (χ2n) is 7.19. The van der Waals surface area contributed by atoms with Crippen molar-refractivity contribution in [3.05, 3.63) is 71.3 Å². The van der Waals surface area contributed by atoms with E-state index in [0.717, 1.165) is 0 Å². The third kappa shape index (κ3) is 5.05. The number of carbonyl (C=O) groups excluding carboxylic acids is 2. The van der Waals surface area contributed by atoms with E-state index in [-0.39, 0.29) is 17.5 Å². The van der Waals surface area contributed by atoms with E-state index in [1.165, 1.54) is 31.5 Å². The lowest BCUT2D eigenvalue weighted by molar-refractivity contribution is 0.0846. The second kappa shape index (κ2) is 9.95. The molecular formula is C23H25FN4O4. The molecule has 0 aliphatic carbocycles. The lowest BCUT2D eigenvalue weighted by Gasteiger charge is -2.14. The maximum Gasteiger partial charge on any atom is 0.273 e. The Morgan fingerprint density at radius 1 is 1.06 bits per heavy atom. The van der Waals surface area contributed by atoms with Crippen LogP contribution < -0.4 is 20.3 Å². The highest BCUT2D eigenvalue weighted by atomic mass is 19.1. The number of ether oxygens (including phenoxy) is 2. The fraction of sp³-hybridized carbons (Fsp3) is 0.261. The number of benzene rings is 2. The second-order valence-corrected chi connectivity index (χ2v) is 7.19. The monoisotopic (exact) mass is 440 g/mol. The molecule has 168 valence electrons. The zero-order valence-corrected chi connectivity index (χ0v) is 18.3. The number of aromatic nitrogens is 2. The first kappa shape index (κ1) is 22.8. The highest BCUT2D eigenvalue weighted by Crippen LogP contribution is 2.29. The van der Waals surface area contributed by atoms with Crippen LogP contribution in [-0.2, 0) is 6.42 Å². The van der Waals surface area contributed by atoms with E-state index in [9.17, 15) is 14.0 Å². The van der Waals surface area contributed by atoms with Crippen LogP contribution in [0.1, 0.15) is 47.2 Å². The number of hydrazine groups is 1. The molecule has 0 bridgehead atoms. The van der Waals surface area contributed by atoms with Crippen LogP contribution in [0.3, 0.4) is 0 Å². The Hall–Kier alpha value is -3.88. The molecule has 0 unspecified atom stereocenters. The normalized spacial score (nSPS) is 10.7. The number of carbonyl (C=O) groups is 2. The molecule has 1 aromatic heterocycles. The Bertz CT molecular complexity index is 1110. The van der Waals surface area contributed by atoms with Gasteiger partial charge in [-0.05, 0) is 62.7 Å². The number of amides is 2. The van der Waals surface area contributed by atoms with Gasteiger partial charge in [-0.15, -0.1) is 0 Å². The number of rotatable bonds is 7. The van der Waals surface area contributed by atoms with E-state index in [0.29, 0.717) is 34.9 Å². The Balaban J connectivity index is 1.72. The number of hydrogen-bond donors (Lipinski definition) is 2. The minimum Gasteiger partial charge on any atom is -0.493 e. The van der Waals surface area contributed by atoms with Crippen molar-refractivity contribution < 1.29 is 23.5 Å². The fourth-order valence-corrected chi connectivity index (χ4v) is 3.12. The van der Waals surface area contributed by atoms with Gasteiger partial charge in [0.05, 0.1) is 36.4 Å². The Kier molecular flexibility index (Phi) is 7.09. The van der Waals surface area contributed by atoms with E-state index >= 15 is 0 Å². The summed E-state index contributed by atoms with van der Waals surface area (Å²) in [4.78, 5) is 25.2. The van der Waals surface area contributed by atoms with Crippen LogP contribution in [0.25, 0.3) is 5.69 Å². The molecule has 0 atom stereocenters. The average molecular weight is 440 g/mol. The predicted octanol–water partition coefficient (Wildman–Crippen LogP) is 3.44. The largest absolute Gasteiger partial charge is 0.493 e. The van der Waals surface area contributed by atoms with Gasteiger partial charge in [0, 0.05) is 5.56 Å². The van der Waals surface area contributed by atoms with Crippen LogP contribution in [-0.4, -0.2) is 34.8 Å². The van der Waals surface area contributed by atoms with Gasteiger partial charge < -0.3 is 9.47 Å². The first-order valence-electron chi connectivity index (χ1n) is 10.1. The molecule has 0 fully saturated rings. The maximum absolute atomic E-state index is 13.2. The summed E-state index contributed by atoms with van der Waals surface area (Å²) in [6.45, 7) is 5.65. The lowest BCUT2D eigenvalue weighted by Crippen LogP contribution is -2.41. The van der Waals surface area contributed by atoms with Crippen LogP contribution >= 0.6 is 0 Å². The lowest BCUT2D eigenvalue weighted by atomic mass is 10.2. The summed E-state index contributed by atoms with van der Waals surface area (Å²) < 4.78 is 25.7. The highest BCUT2D eigenvalue weighted by molar-refractivity contribution is 5.99. The van der Waals surface area contributed by atoms with Crippen molar-refractivity contribution in [1.82, 2.24) is 20.6 Å². The van der Waals surface area contributed by atoms with E-state index < -0.39 is 11.8 Å². The number of nitrogens with one attached hydrogen (secondary N) is 2. The molecule has 2 N–H and O–H groups in total. The van der Waals surface area contributed by atoms with E-state index in [4.69, 9.17) is 9.47 Å². The first-order chi connectivity index (χ1) is 15.3. The third-order valence-electron chi connectivity index (χ3n) is 4.60. The van der Waals surface area contributed by atoms with Crippen molar-refractivity contribution in [3.8, 4) is 17.2 Å². The van der Waals surface area contributed by atoms with Crippen molar-refractivity contribution in [2.45, 2.75) is 33.3 Å². The zero-order valence-electron chi connectivity index (χ0n) is 18.3. The van der Waals surface area contributed by atoms with Crippen LogP contribution in [0.15, 0.2) is 48.7 Å². The summed E-state index contributed by atoms with van der Waals surface area (Å²) in [5, 5.41) is 4.24. The Morgan fingerprint density at radius 3 is 2.38 bits per heavy atom. The minimum absolute atomic E-state index is 0.0496. The molecule has 0 saturated carbocycles. The van der Waals surface area contributed by atoms with Gasteiger partial charge in [-0.2, -0.15) is 5.10 Å². The molecule has 0 saturated heterocycles.